The molecule has 0 aliphatic carbocycles. The number of H-pyrrole nitrogens is 1. The number of rotatable bonds is 6. The normalized spacial score (nSPS) is 12.6. The Balaban J connectivity index is 2.07. The molecule has 0 aliphatic heterocycles. The van der Waals surface area contributed by atoms with Gasteiger partial charge in [-0.15, -0.1) is 0 Å². The molecule has 2 rings (SSSR count). The van der Waals surface area contributed by atoms with Gasteiger partial charge < -0.3 is 5.32 Å². The molecule has 4 nitrogen and oxygen atoms in total. The molecule has 0 saturated carbocycles. The lowest BCUT2D eigenvalue weighted by Crippen LogP contribution is -2.25. The molecule has 96 valence electrons. The Kier molecular flexibility index (Phi) is 5.12. The van der Waals surface area contributed by atoms with Crippen molar-refractivity contribution in [1.29, 1.82) is 0 Å². The van der Waals surface area contributed by atoms with E-state index in [4.69, 9.17) is 0 Å². The summed E-state index contributed by atoms with van der Waals surface area (Å²) in [5.74, 6) is 0.905. The maximum atomic E-state index is 4.25. The molecular weight excluding hydrogens is 339 g/mol. The minimum absolute atomic E-state index is 0.201. The largest absolute Gasteiger partial charge is 0.307 e. The van der Waals surface area contributed by atoms with Crippen molar-refractivity contribution in [3.63, 3.8) is 0 Å². The van der Waals surface area contributed by atoms with Gasteiger partial charge in [-0.3, -0.25) is 5.10 Å². The van der Waals surface area contributed by atoms with E-state index in [9.17, 15) is 0 Å². The van der Waals surface area contributed by atoms with Crippen LogP contribution in [0.5, 0.6) is 0 Å². The van der Waals surface area contributed by atoms with Crippen molar-refractivity contribution in [2.45, 2.75) is 25.8 Å². The highest BCUT2D eigenvalue weighted by atomic mass is 127. The van der Waals surface area contributed by atoms with E-state index in [2.05, 4.69) is 74.3 Å². The van der Waals surface area contributed by atoms with Crippen LogP contribution in [0.1, 0.15) is 30.8 Å². The zero-order chi connectivity index (χ0) is 12.8. The summed E-state index contributed by atoms with van der Waals surface area (Å²) in [6.45, 7) is 3.14. The minimum Gasteiger partial charge on any atom is -0.307 e. The summed E-state index contributed by atoms with van der Waals surface area (Å²) >= 11 is 2.32. The third kappa shape index (κ3) is 3.78. The van der Waals surface area contributed by atoms with Crippen LogP contribution in [-0.4, -0.2) is 21.7 Å². The molecule has 0 saturated heterocycles. The number of benzene rings is 1. The third-order valence-electron chi connectivity index (χ3n) is 2.76. The fourth-order valence-electron chi connectivity index (χ4n) is 1.82. The summed E-state index contributed by atoms with van der Waals surface area (Å²) in [4.78, 5) is 4.25. The molecule has 0 fully saturated rings. The van der Waals surface area contributed by atoms with E-state index in [0.717, 1.165) is 25.2 Å². The minimum atomic E-state index is 0.201. The molecule has 0 amide bonds. The fourth-order valence-corrected chi connectivity index (χ4v) is 2.18. The van der Waals surface area contributed by atoms with Gasteiger partial charge in [0.05, 0.1) is 6.04 Å². The van der Waals surface area contributed by atoms with Crippen LogP contribution >= 0.6 is 22.6 Å². The predicted molar refractivity (Wildman–Crippen MR) is 80.3 cm³/mol. The van der Waals surface area contributed by atoms with Gasteiger partial charge in [0.25, 0.3) is 0 Å². The second kappa shape index (κ2) is 6.84. The van der Waals surface area contributed by atoms with Crippen molar-refractivity contribution in [3.05, 3.63) is 45.6 Å². The van der Waals surface area contributed by atoms with Gasteiger partial charge in [0.2, 0.25) is 0 Å². The molecule has 0 spiro atoms. The number of halogens is 1. The lowest BCUT2D eigenvalue weighted by atomic mass is 10.1. The van der Waals surface area contributed by atoms with E-state index < -0.39 is 0 Å². The Labute approximate surface area is 121 Å². The number of hydrogen-bond acceptors (Lipinski definition) is 3. The zero-order valence-corrected chi connectivity index (χ0v) is 12.5. The van der Waals surface area contributed by atoms with Crippen LogP contribution in [0.2, 0.25) is 0 Å². The molecule has 2 aromatic rings. The quantitative estimate of drug-likeness (QED) is 0.783. The molecule has 1 aromatic carbocycles. The number of aromatic amines is 1. The Hall–Kier alpha value is -0.950. The topological polar surface area (TPSA) is 53.6 Å². The first kappa shape index (κ1) is 13.5. The summed E-state index contributed by atoms with van der Waals surface area (Å²) in [5.41, 5.74) is 1.31. The molecule has 5 heteroatoms. The molecule has 1 atom stereocenters. The van der Waals surface area contributed by atoms with Gasteiger partial charge in [-0.1, -0.05) is 19.1 Å². The maximum absolute atomic E-state index is 4.25. The van der Waals surface area contributed by atoms with Gasteiger partial charge in [0.15, 0.2) is 0 Å². The van der Waals surface area contributed by atoms with Crippen LogP contribution in [0.3, 0.4) is 0 Å². The Morgan fingerprint density at radius 2 is 2.11 bits per heavy atom. The Bertz CT molecular complexity index is 452. The van der Waals surface area contributed by atoms with E-state index in [1.165, 1.54) is 9.13 Å². The molecule has 2 N–H and O–H groups in total. The van der Waals surface area contributed by atoms with Crippen LogP contribution in [-0.2, 0) is 6.42 Å². The van der Waals surface area contributed by atoms with E-state index in [1.807, 2.05) is 0 Å². The maximum Gasteiger partial charge on any atom is 0.141 e. The van der Waals surface area contributed by atoms with Crippen LogP contribution in [0.4, 0.5) is 0 Å². The first-order valence-electron chi connectivity index (χ1n) is 6.12. The summed E-state index contributed by atoms with van der Waals surface area (Å²) < 4.78 is 1.26. The first-order valence-corrected chi connectivity index (χ1v) is 7.20. The molecule has 1 unspecified atom stereocenters. The summed E-state index contributed by atoms with van der Waals surface area (Å²) in [6, 6.07) is 8.80. The van der Waals surface area contributed by atoms with Gasteiger partial charge >= 0.3 is 0 Å². The standard InChI is InChI=1S/C13H17IN4/c1-2-7-15-12(13-16-9-17-18-13)8-10-3-5-11(14)6-4-10/h3-6,9,12,15H,2,7-8H2,1H3,(H,16,17,18). The lowest BCUT2D eigenvalue weighted by molar-refractivity contribution is 0.506. The van der Waals surface area contributed by atoms with Crippen molar-refractivity contribution in [2.24, 2.45) is 0 Å². The Morgan fingerprint density at radius 1 is 1.33 bits per heavy atom. The number of hydrogen-bond donors (Lipinski definition) is 2. The first-order chi connectivity index (χ1) is 8.79. The average molecular weight is 356 g/mol. The van der Waals surface area contributed by atoms with Crippen molar-refractivity contribution in [3.8, 4) is 0 Å². The highest BCUT2D eigenvalue weighted by molar-refractivity contribution is 14.1. The van der Waals surface area contributed by atoms with Gasteiger partial charge in [-0.2, -0.15) is 5.10 Å². The number of nitrogens with zero attached hydrogens (tertiary/aromatic N) is 2. The summed E-state index contributed by atoms with van der Waals surface area (Å²) in [5, 5.41) is 10.4. The Morgan fingerprint density at radius 3 is 2.72 bits per heavy atom. The van der Waals surface area contributed by atoms with Crippen LogP contribution in [0, 0.1) is 3.57 Å². The molecule has 18 heavy (non-hydrogen) atoms. The lowest BCUT2D eigenvalue weighted by Gasteiger charge is -2.16. The highest BCUT2D eigenvalue weighted by Crippen LogP contribution is 2.16. The second-order valence-electron chi connectivity index (χ2n) is 4.21. The molecule has 1 heterocycles. The monoisotopic (exact) mass is 356 g/mol. The van der Waals surface area contributed by atoms with Gasteiger partial charge in [0, 0.05) is 3.57 Å². The average Bonchev–Trinajstić information content (AvgIpc) is 2.90. The predicted octanol–water partition coefficient (Wildman–Crippen LogP) is 2.69. The molecule has 0 radical (unpaired) electrons. The van der Waals surface area contributed by atoms with Crippen molar-refractivity contribution in [1.82, 2.24) is 20.5 Å². The smallest absolute Gasteiger partial charge is 0.141 e. The van der Waals surface area contributed by atoms with Gasteiger partial charge in [-0.05, 0) is 59.7 Å². The molecule has 0 aliphatic rings. The van der Waals surface area contributed by atoms with Crippen LogP contribution in [0.25, 0.3) is 0 Å². The van der Waals surface area contributed by atoms with Crippen molar-refractivity contribution in [2.75, 3.05) is 6.54 Å². The van der Waals surface area contributed by atoms with Crippen LogP contribution < -0.4 is 5.32 Å². The third-order valence-corrected chi connectivity index (χ3v) is 3.48. The zero-order valence-electron chi connectivity index (χ0n) is 10.4. The molecule has 1 aromatic heterocycles. The highest BCUT2D eigenvalue weighted by Gasteiger charge is 2.14. The second-order valence-corrected chi connectivity index (χ2v) is 5.45. The van der Waals surface area contributed by atoms with Crippen LogP contribution in [0.15, 0.2) is 30.6 Å². The summed E-state index contributed by atoms with van der Waals surface area (Å²) in [7, 11) is 0. The fraction of sp³-hybridized carbons (Fsp3) is 0.385. The number of nitrogens with one attached hydrogen (secondary N) is 2. The SMILES string of the molecule is CCCNC(Cc1ccc(I)cc1)c1ncn[nH]1. The molecule has 0 bridgehead atoms. The molecular formula is C13H17IN4. The van der Waals surface area contributed by atoms with Crippen molar-refractivity contribution < 1.29 is 0 Å². The van der Waals surface area contributed by atoms with E-state index in [-0.39, 0.29) is 6.04 Å². The van der Waals surface area contributed by atoms with Gasteiger partial charge in [-0.25, -0.2) is 4.98 Å². The van der Waals surface area contributed by atoms with E-state index in [1.54, 1.807) is 6.33 Å². The van der Waals surface area contributed by atoms with E-state index in [0.29, 0.717) is 0 Å². The summed E-state index contributed by atoms with van der Waals surface area (Å²) in [6.07, 6.45) is 3.59. The van der Waals surface area contributed by atoms with E-state index >= 15 is 0 Å². The van der Waals surface area contributed by atoms with Gasteiger partial charge in [0.1, 0.15) is 12.2 Å². The number of aromatic nitrogens is 3. The van der Waals surface area contributed by atoms with Crippen molar-refractivity contribution >= 4 is 22.6 Å².